The lowest BCUT2D eigenvalue weighted by atomic mass is 9.86. The number of nitrogens with one attached hydrogen (secondary N) is 1. The molecule has 1 unspecified atom stereocenters. The second-order valence-corrected chi connectivity index (χ2v) is 9.40. The third-order valence-electron chi connectivity index (χ3n) is 4.44. The number of aromatic nitrogens is 4. The molecule has 0 saturated carbocycles. The van der Waals surface area contributed by atoms with Crippen LogP contribution in [0.5, 0.6) is 0 Å². The third kappa shape index (κ3) is 4.99. The summed E-state index contributed by atoms with van der Waals surface area (Å²) in [5, 5.41) is 13.4. The smallest absolute Gasteiger partial charge is 0.280 e. The zero-order valence-electron chi connectivity index (χ0n) is 16.9. The van der Waals surface area contributed by atoms with E-state index in [9.17, 15) is 13.5 Å². The number of aliphatic hydroxyl groups excluding tert-OH is 1. The highest BCUT2D eigenvalue weighted by molar-refractivity contribution is 7.89. The van der Waals surface area contributed by atoms with Crippen molar-refractivity contribution >= 4 is 15.8 Å². The lowest BCUT2D eigenvalue weighted by Gasteiger charge is -2.28. The quantitative estimate of drug-likeness (QED) is 0.483. The van der Waals surface area contributed by atoms with E-state index in [2.05, 4.69) is 24.8 Å². The van der Waals surface area contributed by atoms with Crippen molar-refractivity contribution in [1.29, 1.82) is 0 Å². The number of anilines is 1. The van der Waals surface area contributed by atoms with Crippen LogP contribution in [-0.2, 0) is 10.0 Å². The first-order valence-electron chi connectivity index (χ1n) is 9.23. The number of aliphatic hydroxyl groups is 1. The molecule has 4 N–H and O–H groups in total. The first-order chi connectivity index (χ1) is 14.1. The highest BCUT2D eigenvalue weighted by Crippen LogP contribution is 2.31. The molecule has 0 saturated heterocycles. The van der Waals surface area contributed by atoms with Crippen molar-refractivity contribution < 1.29 is 18.0 Å². The first-order valence-corrected chi connectivity index (χ1v) is 10.7. The van der Waals surface area contributed by atoms with Crippen LogP contribution in [0.15, 0.2) is 45.9 Å². The lowest BCUT2D eigenvalue weighted by molar-refractivity contribution is 0.139. The molecule has 0 radical (unpaired) electrons. The van der Waals surface area contributed by atoms with E-state index in [0.29, 0.717) is 11.5 Å². The monoisotopic (exact) mass is 432 g/mol. The average molecular weight is 433 g/mol. The summed E-state index contributed by atoms with van der Waals surface area (Å²) in [6, 6.07) is 7.22. The Hall–Kier alpha value is -2.89. The van der Waals surface area contributed by atoms with Crippen LogP contribution in [0.2, 0.25) is 0 Å². The van der Waals surface area contributed by atoms with Crippen LogP contribution in [0.1, 0.15) is 37.8 Å². The number of nitrogens with zero attached hydrogens (tertiary/aromatic N) is 4. The van der Waals surface area contributed by atoms with Gasteiger partial charge in [0.05, 0.1) is 22.8 Å². The largest absolute Gasteiger partial charge is 0.396 e. The van der Waals surface area contributed by atoms with Crippen LogP contribution >= 0.6 is 0 Å². The highest BCUT2D eigenvalue weighted by Gasteiger charge is 2.30. The van der Waals surface area contributed by atoms with Gasteiger partial charge in [0.15, 0.2) is 17.3 Å². The van der Waals surface area contributed by atoms with Crippen LogP contribution in [0.25, 0.3) is 11.6 Å². The molecular weight excluding hydrogens is 408 g/mol. The molecule has 3 rings (SSSR count). The number of hydrogen-bond donors (Lipinski definition) is 3. The maximum Gasteiger partial charge on any atom is 0.280 e. The lowest BCUT2D eigenvalue weighted by Crippen LogP contribution is -2.34. The minimum atomic E-state index is -3.85. The Morgan fingerprint density at radius 3 is 2.53 bits per heavy atom. The van der Waals surface area contributed by atoms with E-state index in [1.54, 1.807) is 25.1 Å². The van der Waals surface area contributed by atoms with Crippen molar-refractivity contribution in [2.75, 3.05) is 12.3 Å². The molecule has 1 atom stereocenters. The van der Waals surface area contributed by atoms with E-state index >= 15 is 0 Å². The van der Waals surface area contributed by atoms with E-state index < -0.39 is 21.5 Å². The molecule has 0 aliphatic rings. The molecule has 2 heterocycles. The fourth-order valence-corrected chi connectivity index (χ4v) is 4.04. The van der Waals surface area contributed by atoms with Gasteiger partial charge in [0.1, 0.15) is 0 Å². The van der Waals surface area contributed by atoms with E-state index in [1.807, 2.05) is 13.8 Å². The van der Waals surface area contributed by atoms with Gasteiger partial charge in [-0.3, -0.25) is 0 Å². The Morgan fingerprint density at radius 1 is 1.23 bits per heavy atom. The van der Waals surface area contributed by atoms with Crippen LogP contribution in [0, 0.1) is 12.3 Å². The maximum absolute atomic E-state index is 12.9. The minimum Gasteiger partial charge on any atom is -0.396 e. The number of rotatable bonds is 8. The van der Waals surface area contributed by atoms with Gasteiger partial charge in [0.2, 0.25) is 10.0 Å². The Balaban J connectivity index is 2.03. The molecule has 0 fully saturated rings. The van der Waals surface area contributed by atoms with Gasteiger partial charge in [-0.15, -0.1) is 0 Å². The predicted octanol–water partition coefficient (Wildman–Crippen LogP) is 1.85. The number of sulfonamides is 1. The molecule has 2 aromatic heterocycles. The summed E-state index contributed by atoms with van der Waals surface area (Å²) >= 11 is 0. The van der Waals surface area contributed by atoms with E-state index in [4.69, 9.17) is 10.3 Å². The Kier molecular flexibility index (Phi) is 6.15. The van der Waals surface area contributed by atoms with Crippen LogP contribution in [0.3, 0.4) is 0 Å². The van der Waals surface area contributed by atoms with Gasteiger partial charge in [-0.1, -0.05) is 37.2 Å². The van der Waals surface area contributed by atoms with E-state index in [0.717, 1.165) is 0 Å². The summed E-state index contributed by atoms with van der Waals surface area (Å²) < 4.78 is 33.7. The Labute approximate surface area is 174 Å². The van der Waals surface area contributed by atoms with E-state index in [1.165, 1.54) is 18.3 Å². The number of hydrogen-bond acceptors (Lipinski definition) is 9. The molecule has 0 aliphatic heterocycles. The number of nitrogen functional groups attached to an aromatic ring is 1. The summed E-state index contributed by atoms with van der Waals surface area (Å²) in [5.41, 5.74) is 5.81. The van der Waals surface area contributed by atoms with Crippen molar-refractivity contribution in [3.05, 3.63) is 48.0 Å². The second-order valence-electron chi connectivity index (χ2n) is 7.69. The van der Waals surface area contributed by atoms with Gasteiger partial charge in [0, 0.05) is 6.61 Å². The van der Waals surface area contributed by atoms with Gasteiger partial charge in [0.25, 0.3) is 5.89 Å². The van der Waals surface area contributed by atoms with Crippen LogP contribution < -0.4 is 10.5 Å². The van der Waals surface area contributed by atoms with Crippen molar-refractivity contribution in [3.63, 3.8) is 0 Å². The van der Waals surface area contributed by atoms with E-state index in [-0.39, 0.29) is 35.3 Å². The molecule has 0 amide bonds. The summed E-state index contributed by atoms with van der Waals surface area (Å²) in [6.45, 7) is 5.16. The van der Waals surface area contributed by atoms with Crippen molar-refractivity contribution in [3.8, 4) is 11.6 Å². The van der Waals surface area contributed by atoms with Crippen molar-refractivity contribution in [1.82, 2.24) is 24.8 Å². The summed E-state index contributed by atoms with van der Waals surface area (Å²) in [4.78, 5) is 12.8. The fourth-order valence-electron chi connectivity index (χ4n) is 2.81. The molecule has 30 heavy (non-hydrogen) atoms. The zero-order valence-corrected chi connectivity index (χ0v) is 17.7. The topological polar surface area (TPSA) is 157 Å². The normalized spacial score (nSPS) is 13.3. The predicted molar refractivity (Wildman–Crippen MR) is 109 cm³/mol. The molecular formula is C19H24N6O4S. The fraction of sp³-hybridized carbons (Fsp3) is 0.368. The standard InChI is InChI=1S/C19H24N6O4S/c1-12-22-18(29-24-12)16-17(20)21-10-15(23-16)14(9-19(2,3)11-26)25-30(27,28)13-7-5-4-6-8-13/h4-8,10,14,25-26H,9,11H2,1-3H3,(H2,20,21). The molecule has 0 bridgehead atoms. The van der Waals surface area contributed by atoms with Crippen LogP contribution in [-0.4, -0.2) is 40.2 Å². The van der Waals surface area contributed by atoms with Crippen molar-refractivity contribution in [2.24, 2.45) is 5.41 Å². The molecule has 3 aromatic rings. The molecule has 160 valence electrons. The number of benzene rings is 1. The van der Waals surface area contributed by atoms with Gasteiger partial charge in [-0.05, 0) is 30.9 Å². The first kappa shape index (κ1) is 21.8. The minimum absolute atomic E-state index is 0.0773. The Morgan fingerprint density at radius 2 is 1.93 bits per heavy atom. The SMILES string of the molecule is Cc1noc(-c2nc(C(CC(C)(C)CO)NS(=O)(=O)c3ccccc3)cnc2N)n1. The number of nitrogens with two attached hydrogens (primary N) is 1. The maximum atomic E-state index is 12.9. The molecule has 0 spiro atoms. The van der Waals surface area contributed by atoms with Gasteiger partial charge in [-0.25, -0.2) is 23.1 Å². The third-order valence-corrected chi connectivity index (χ3v) is 5.93. The van der Waals surface area contributed by atoms with Gasteiger partial charge < -0.3 is 15.4 Å². The summed E-state index contributed by atoms with van der Waals surface area (Å²) in [6.07, 6.45) is 1.66. The highest BCUT2D eigenvalue weighted by atomic mass is 32.2. The summed E-state index contributed by atoms with van der Waals surface area (Å²) in [5.74, 6) is 0.568. The van der Waals surface area contributed by atoms with Gasteiger partial charge in [-0.2, -0.15) is 4.98 Å². The summed E-state index contributed by atoms with van der Waals surface area (Å²) in [7, 11) is -3.85. The Bertz CT molecular complexity index is 1120. The zero-order chi connectivity index (χ0) is 21.9. The molecule has 1 aromatic carbocycles. The van der Waals surface area contributed by atoms with Crippen molar-refractivity contribution in [2.45, 2.75) is 38.1 Å². The molecule has 10 nitrogen and oxygen atoms in total. The number of aryl methyl sites for hydroxylation is 1. The van der Waals surface area contributed by atoms with Crippen LogP contribution in [0.4, 0.5) is 5.82 Å². The molecule has 11 heteroatoms. The second kappa shape index (κ2) is 8.46. The van der Waals surface area contributed by atoms with Gasteiger partial charge >= 0.3 is 0 Å². The average Bonchev–Trinajstić information content (AvgIpc) is 3.14. The molecule has 0 aliphatic carbocycles.